The van der Waals surface area contributed by atoms with E-state index < -0.39 is 23.1 Å². The number of carboxylic acids is 1. The molecule has 3 rings (SSSR count). The lowest BCUT2D eigenvalue weighted by molar-refractivity contribution is -0.152. The Kier molecular flexibility index (Phi) is 6.79. The summed E-state index contributed by atoms with van der Waals surface area (Å²) in [6, 6.07) is 8.96. The van der Waals surface area contributed by atoms with Gasteiger partial charge >= 0.3 is 5.97 Å². The molecule has 5 nitrogen and oxygen atoms in total. The van der Waals surface area contributed by atoms with Crippen LogP contribution in [0.2, 0.25) is 0 Å². The van der Waals surface area contributed by atoms with Gasteiger partial charge in [-0.05, 0) is 62.6 Å². The van der Waals surface area contributed by atoms with E-state index in [0.29, 0.717) is 35.5 Å². The molecule has 0 bridgehead atoms. The quantitative estimate of drug-likeness (QED) is 0.632. The van der Waals surface area contributed by atoms with Gasteiger partial charge in [0, 0.05) is 41.4 Å². The van der Waals surface area contributed by atoms with Crippen LogP contribution in [0.3, 0.4) is 0 Å². The zero-order valence-electron chi connectivity index (χ0n) is 19.0. The minimum Gasteiger partial charge on any atom is -0.508 e. The lowest BCUT2D eigenvalue weighted by Crippen LogP contribution is -2.51. The van der Waals surface area contributed by atoms with Crippen LogP contribution in [-0.4, -0.2) is 41.1 Å². The van der Waals surface area contributed by atoms with Crippen molar-refractivity contribution in [1.82, 2.24) is 0 Å². The molecule has 1 heterocycles. The molecular weight excluding hydrogens is 416 g/mol. The van der Waals surface area contributed by atoms with E-state index in [1.807, 2.05) is 18.7 Å². The van der Waals surface area contributed by atoms with Crippen LogP contribution >= 0.6 is 0 Å². The molecule has 1 aliphatic heterocycles. The SMILES string of the molecule is Cc1cc(N(c2cccc(O)c2C)C2C[C@@](F)(C(=O)O)CCCOCC2(C)C)ccc1F. The van der Waals surface area contributed by atoms with Crippen molar-refractivity contribution in [3.8, 4) is 5.75 Å². The first kappa shape index (κ1) is 24.0. The summed E-state index contributed by atoms with van der Waals surface area (Å²) < 4.78 is 35.7. The summed E-state index contributed by atoms with van der Waals surface area (Å²) in [5.41, 5.74) is -0.966. The molecular formula is C25H31F2NO4. The first-order chi connectivity index (χ1) is 15.0. The van der Waals surface area contributed by atoms with E-state index in [-0.39, 0.29) is 31.0 Å². The fraction of sp³-hybridized carbons (Fsp3) is 0.480. The van der Waals surface area contributed by atoms with Gasteiger partial charge in [-0.3, -0.25) is 0 Å². The standard InChI is InChI=1S/C25H31F2NO4/c1-16-13-18(9-10-19(16)26)28(20-7-5-8-21(29)17(20)2)22-14-25(27,23(30)31)11-6-12-32-15-24(22,3)4/h5,7-10,13,22,29H,6,11-12,14-15H2,1-4H3,(H,30,31)/t22?,25-/m1/s1. The fourth-order valence-corrected chi connectivity index (χ4v) is 4.34. The first-order valence-corrected chi connectivity index (χ1v) is 10.8. The third-order valence-corrected chi connectivity index (χ3v) is 6.41. The molecule has 1 saturated heterocycles. The highest BCUT2D eigenvalue weighted by molar-refractivity contribution is 5.78. The number of ether oxygens (including phenoxy) is 1. The minimum atomic E-state index is -2.45. The molecule has 0 aromatic heterocycles. The summed E-state index contributed by atoms with van der Waals surface area (Å²) in [6.45, 7) is 7.77. The van der Waals surface area contributed by atoms with E-state index in [9.17, 15) is 19.4 Å². The van der Waals surface area contributed by atoms with E-state index in [1.54, 1.807) is 44.2 Å². The summed E-state index contributed by atoms with van der Waals surface area (Å²) in [5, 5.41) is 20.2. The number of aromatic hydroxyl groups is 1. The Hall–Kier alpha value is -2.67. The summed E-state index contributed by atoms with van der Waals surface area (Å²) in [6.07, 6.45) is -0.152. The van der Waals surface area contributed by atoms with Crippen molar-refractivity contribution in [3.05, 3.63) is 53.3 Å². The number of alkyl halides is 1. The Morgan fingerprint density at radius 1 is 1.22 bits per heavy atom. The lowest BCUT2D eigenvalue weighted by Gasteiger charge is -2.45. The average Bonchev–Trinajstić information content (AvgIpc) is 2.77. The van der Waals surface area contributed by atoms with Gasteiger partial charge in [0.1, 0.15) is 11.6 Å². The van der Waals surface area contributed by atoms with E-state index in [2.05, 4.69) is 0 Å². The molecule has 2 aromatic carbocycles. The van der Waals surface area contributed by atoms with Gasteiger partial charge in [0.05, 0.1) is 6.61 Å². The molecule has 1 unspecified atom stereocenters. The molecule has 174 valence electrons. The Bertz CT molecular complexity index is 994. The maximum absolute atomic E-state index is 15.8. The maximum atomic E-state index is 15.8. The van der Waals surface area contributed by atoms with E-state index in [0.717, 1.165) is 0 Å². The summed E-state index contributed by atoms with van der Waals surface area (Å²) in [4.78, 5) is 13.8. The fourth-order valence-electron chi connectivity index (χ4n) is 4.34. The van der Waals surface area contributed by atoms with Crippen LogP contribution in [0.5, 0.6) is 5.75 Å². The largest absolute Gasteiger partial charge is 0.508 e. The predicted molar refractivity (Wildman–Crippen MR) is 120 cm³/mol. The molecule has 0 radical (unpaired) electrons. The number of phenolic OH excluding ortho intramolecular Hbond substituents is 1. The number of carboxylic acid groups (broad SMARTS) is 1. The second-order valence-corrected chi connectivity index (χ2v) is 9.36. The van der Waals surface area contributed by atoms with Crippen LogP contribution < -0.4 is 4.90 Å². The highest BCUT2D eigenvalue weighted by atomic mass is 19.1. The number of hydrogen-bond donors (Lipinski definition) is 2. The number of aliphatic carboxylic acids is 1. The van der Waals surface area contributed by atoms with Crippen LogP contribution in [-0.2, 0) is 9.53 Å². The molecule has 1 fully saturated rings. The van der Waals surface area contributed by atoms with Crippen molar-refractivity contribution in [2.75, 3.05) is 18.1 Å². The molecule has 0 spiro atoms. The van der Waals surface area contributed by atoms with E-state index >= 15 is 4.39 Å². The van der Waals surface area contributed by atoms with Crippen molar-refractivity contribution < 1.29 is 28.5 Å². The first-order valence-electron chi connectivity index (χ1n) is 10.8. The molecule has 0 saturated carbocycles. The van der Waals surface area contributed by atoms with Crippen LogP contribution in [0, 0.1) is 25.1 Å². The Morgan fingerprint density at radius 2 is 1.94 bits per heavy atom. The van der Waals surface area contributed by atoms with Crippen molar-refractivity contribution in [2.24, 2.45) is 5.41 Å². The lowest BCUT2D eigenvalue weighted by atomic mass is 9.76. The molecule has 2 atom stereocenters. The van der Waals surface area contributed by atoms with Crippen LogP contribution in [0.1, 0.15) is 44.2 Å². The summed E-state index contributed by atoms with van der Waals surface area (Å²) in [5.74, 6) is -1.81. The number of carbonyl (C=O) groups is 1. The zero-order valence-corrected chi connectivity index (χ0v) is 19.0. The number of phenols is 1. The summed E-state index contributed by atoms with van der Waals surface area (Å²) in [7, 11) is 0. The van der Waals surface area contributed by atoms with Gasteiger partial charge in [-0.2, -0.15) is 0 Å². The molecule has 1 aliphatic rings. The van der Waals surface area contributed by atoms with Gasteiger partial charge in [0.25, 0.3) is 0 Å². The Morgan fingerprint density at radius 3 is 2.59 bits per heavy atom. The van der Waals surface area contributed by atoms with Crippen molar-refractivity contribution >= 4 is 17.3 Å². The molecule has 0 aliphatic carbocycles. The predicted octanol–water partition coefficient (Wildman–Crippen LogP) is 5.67. The van der Waals surface area contributed by atoms with Crippen LogP contribution in [0.25, 0.3) is 0 Å². The molecule has 7 heteroatoms. The summed E-state index contributed by atoms with van der Waals surface area (Å²) >= 11 is 0. The van der Waals surface area contributed by atoms with Gasteiger partial charge in [-0.1, -0.05) is 19.9 Å². The van der Waals surface area contributed by atoms with E-state index in [4.69, 9.17) is 4.74 Å². The molecule has 0 amide bonds. The van der Waals surface area contributed by atoms with Gasteiger partial charge in [-0.25, -0.2) is 13.6 Å². The highest BCUT2D eigenvalue weighted by Gasteiger charge is 2.48. The maximum Gasteiger partial charge on any atom is 0.341 e. The normalized spacial score (nSPS) is 23.6. The smallest absolute Gasteiger partial charge is 0.341 e. The Labute approximate surface area is 187 Å². The van der Waals surface area contributed by atoms with Crippen molar-refractivity contribution in [3.63, 3.8) is 0 Å². The highest BCUT2D eigenvalue weighted by Crippen LogP contribution is 2.44. The number of anilines is 2. The van der Waals surface area contributed by atoms with Crippen molar-refractivity contribution in [2.45, 2.75) is 58.7 Å². The number of halogens is 2. The number of hydrogen-bond acceptors (Lipinski definition) is 4. The van der Waals surface area contributed by atoms with E-state index in [1.165, 1.54) is 6.07 Å². The van der Waals surface area contributed by atoms with Crippen LogP contribution in [0.15, 0.2) is 36.4 Å². The minimum absolute atomic E-state index is 0.0632. The zero-order chi connectivity index (χ0) is 23.7. The third kappa shape index (κ3) is 4.72. The monoisotopic (exact) mass is 447 g/mol. The number of aryl methyl sites for hydroxylation is 1. The van der Waals surface area contributed by atoms with Gasteiger partial charge < -0.3 is 19.8 Å². The van der Waals surface area contributed by atoms with Gasteiger partial charge in [-0.15, -0.1) is 0 Å². The Balaban J connectivity index is 2.26. The molecule has 32 heavy (non-hydrogen) atoms. The number of benzene rings is 2. The molecule has 2 N–H and O–H groups in total. The molecule has 2 aromatic rings. The topological polar surface area (TPSA) is 70.0 Å². The van der Waals surface area contributed by atoms with Crippen molar-refractivity contribution in [1.29, 1.82) is 0 Å². The second-order valence-electron chi connectivity index (χ2n) is 9.36. The number of nitrogens with zero attached hydrogens (tertiary/aromatic N) is 1. The third-order valence-electron chi connectivity index (χ3n) is 6.41. The van der Waals surface area contributed by atoms with Crippen LogP contribution in [0.4, 0.5) is 20.2 Å². The van der Waals surface area contributed by atoms with Gasteiger partial charge in [0.2, 0.25) is 5.67 Å². The second kappa shape index (κ2) is 9.06. The number of rotatable bonds is 4. The van der Waals surface area contributed by atoms with Gasteiger partial charge in [0.15, 0.2) is 0 Å². The average molecular weight is 448 g/mol.